The zero-order chi connectivity index (χ0) is 20.9. The Balaban J connectivity index is 1.87. The summed E-state index contributed by atoms with van der Waals surface area (Å²) in [6, 6.07) is 7.79. The fourth-order valence-electron chi connectivity index (χ4n) is 2.10. The van der Waals surface area contributed by atoms with Gasteiger partial charge in [0.2, 0.25) is 10.0 Å². The van der Waals surface area contributed by atoms with Crippen LogP contribution in [-0.2, 0) is 16.2 Å². The van der Waals surface area contributed by atoms with Crippen molar-refractivity contribution in [2.24, 2.45) is 0 Å². The third-order valence-corrected chi connectivity index (χ3v) is 5.01. The van der Waals surface area contributed by atoms with Gasteiger partial charge in [-0.05, 0) is 36.4 Å². The summed E-state index contributed by atoms with van der Waals surface area (Å²) in [5, 5.41) is 12.9. The van der Waals surface area contributed by atoms with Gasteiger partial charge < -0.3 is 5.32 Å². The van der Waals surface area contributed by atoms with Crippen LogP contribution in [0.2, 0.25) is 0 Å². The van der Waals surface area contributed by atoms with Gasteiger partial charge in [-0.1, -0.05) is 0 Å². The van der Waals surface area contributed by atoms with Crippen LogP contribution in [0.3, 0.4) is 0 Å². The lowest BCUT2D eigenvalue weighted by Crippen LogP contribution is -2.34. The molecule has 0 spiro atoms. The van der Waals surface area contributed by atoms with Crippen LogP contribution < -0.4 is 10.0 Å². The number of nitro benzene ring substituents is 1. The van der Waals surface area contributed by atoms with Crippen molar-refractivity contribution in [3.8, 4) is 0 Å². The summed E-state index contributed by atoms with van der Waals surface area (Å²) in [5.74, 6) is -0.664. The minimum atomic E-state index is -4.51. The fourth-order valence-corrected chi connectivity index (χ4v) is 3.14. The lowest BCUT2D eigenvalue weighted by Gasteiger charge is -2.09. The summed E-state index contributed by atoms with van der Waals surface area (Å²) >= 11 is 0. The standard InChI is InChI=1S/C16H14F3N3O5S/c17-16(18,19)12-3-1-11(2-4-12)15(23)20-9-10-21-28(26,27)14-7-5-13(6-8-14)22(24)25/h1-8,21H,9-10H2,(H,20,23). The van der Waals surface area contributed by atoms with E-state index in [0.29, 0.717) is 0 Å². The van der Waals surface area contributed by atoms with Crippen LogP contribution in [-0.4, -0.2) is 32.3 Å². The maximum Gasteiger partial charge on any atom is 0.416 e. The van der Waals surface area contributed by atoms with Crippen LogP contribution >= 0.6 is 0 Å². The molecule has 0 heterocycles. The highest BCUT2D eigenvalue weighted by molar-refractivity contribution is 7.89. The van der Waals surface area contributed by atoms with E-state index in [9.17, 15) is 36.5 Å². The third kappa shape index (κ3) is 5.50. The molecule has 0 aliphatic heterocycles. The zero-order valence-electron chi connectivity index (χ0n) is 14.1. The molecule has 0 aliphatic rings. The van der Waals surface area contributed by atoms with Crippen LogP contribution in [0.25, 0.3) is 0 Å². The van der Waals surface area contributed by atoms with E-state index in [4.69, 9.17) is 0 Å². The molecule has 1 amide bonds. The molecular formula is C16H14F3N3O5S. The number of sulfonamides is 1. The number of carbonyl (C=O) groups excluding carboxylic acids is 1. The Kier molecular flexibility index (Phi) is 6.36. The van der Waals surface area contributed by atoms with Crippen molar-refractivity contribution in [1.29, 1.82) is 0 Å². The number of hydrogen-bond acceptors (Lipinski definition) is 5. The van der Waals surface area contributed by atoms with Gasteiger partial charge >= 0.3 is 6.18 Å². The zero-order valence-corrected chi connectivity index (χ0v) is 14.9. The molecular weight excluding hydrogens is 403 g/mol. The monoisotopic (exact) mass is 417 g/mol. The number of hydrogen-bond donors (Lipinski definition) is 2. The topological polar surface area (TPSA) is 118 Å². The van der Waals surface area contributed by atoms with Crippen molar-refractivity contribution < 1.29 is 31.3 Å². The van der Waals surface area contributed by atoms with E-state index in [1.54, 1.807) is 0 Å². The number of rotatable bonds is 7. The van der Waals surface area contributed by atoms with E-state index in [-0.39, 0.29) is 29.2 Å². The molecule has 0 saturated heterocycles. The Bertz CT molecular complexity index is 959. The molecule has 28 heavy (non-hydrogen) atoms. The van der Waals surface area contributed by atoms with E-state index in [1.807, 2.05) is 0 Å². The van der Waals surface area contributed by atoms with Crippen LogP contribution in [0.1, 0.15) is 15.9 Å². The lowest BCUT2D eigenvalue weighted by atomic mass is 10.1. The summed E-state index contributed by atoms with van der Waals surface area (Å²) < 4.78 is 63.8. The first-order valence-corrected chi connectivity index (χ1v) is 9.18. The Morgan fingerprint density at radius 2 is 1.57 bits per heavy atom. The number of halogens is 3. The largest absolute Gasteiger partial charge is 0.416 e. The summed E-state index contributed by atoms with van der Waals surface area (Å²) in [7, 11) is -3.94. The highest BCUT2D eigenvalue weighted by atomic mass is 32.2. The number of non-ortho nitro benzene ring substituents is 1. The van der Waals surface area contributed by atoms with E-state index < -0.39 is 32.6 Å². The number of alkyl halides is 3. The fraction of sp³-hybridized carbons (Fsp3) is 0.188. The maximum atomic E-state index is 12.5. The molecule has 12 heteroatoms. The average Bonchev–Trinajstić information content (AvgIpc) is 2.64. The van der Waals surface area contributed by atoms with Gasteiger partial charge in [0.1, 0.15) is 0 Å². The highest BCUT2D eigenvalue weighted by Gasteiger charge is 2.30. The van der Waals surface area contributed by atoms with Crippen LogP contribution in [0.5, 0.6) is 0 Å². The minimum Gasteiger partial charge on any atom is -0.351 e. The first-order chi connectivity index (χ1) is 13.0. The van der Waals surface area contributed by atoms with Crippen molar-refractivity contribution in [2.45, 2.75) is 11.1 Å². The number of nitro groups is 1. The van der Waals surface area contributed by atoms with Gasteiger partial charge in [0.05, 0.1) is 15.4 Å². The van der Waals surface area contributed by atoms with Crippen LogP contribution in [0.4, 0.5) is 18.9 Å². The third-order valence-electron chi connectivity index (χ3n) is 3.53. The Morgan fingerprint density at radius 1 is 1.00 bits per heavy atom. The molecule has 0 radical (unpaired) electrons. The molecule has 150 valence electrons. The molecule has 2 aromatic rings. The summed E-state index contributed by atoms with van der Waals surface area (Å²) in [5.41, 5.74) is -1.16. The van der Waals surface area contributed by atoms with Gasteiger partial charge in [-0.2, -0.15) is 13.2 Å². The van der Waals surface area contributed by atoms with Gasteiger partial charge in [-0.3, -0.25) is 14.9 Å². The second-order valence-electron chi connectivity index (χ2n) is 5.48. The molecule has 0 unspecified atom stereocenters. The first kappa shape index (κ1) is 21.3. The summed E-state index contributed by atoms with van der Waals surface area (Å²) in [4.78, 5) is 21.6. The molecule has 0 saturated carbocycles. The van der Waals surface area contributed by atoms with Crippen molar-refractivity contribution >= 4 is 21.6 Å². The molecule has 0 fully saturated rings. The highest BCUT2D eigenvalue weighted by Crippen LogP contribution is 2.29. The lowest BCUT2D eigenvalue weighted by molar-refractivity contribution is -0.384. The second kappa shape index (κ2) is 8.35. The molecule has 0 bridgehead atoms. The molecule has 0 atom stereocenters. The van der Waals surface area contributed by atoms with E-state index in [1.165, 1.54) is 0 Å². The van der Waals surface area contributed by atoms with E-state index in [0.717, 1.165) is 48.5 Å². The maximum absolute atomic E-state index is 12.5. The molecule has 8 nitrogen and oxygen atoms in total. The first-order valence-electron chi connectivity index (χ1n) is 7.70. The number of nitrogens with one attached hydrogen (secondary N) is 2. The van der Waals surface area contributed by atoms with Gasteiger partial charge in [0.25, 0.3) is 11.6 Å². The average molecular weight is 417 g/mol. The minimum absolute atomic E-state index is 0.00812. The Morgan fingerprint density at radius 3 is 2.07 bits per heavy atom. The molecule has 0 aromatic heterocycles. The van der Waals surface area contributed by atoms with Crippen molar-refractivity contribution in [1.82, 2.24) is 10.0 Å². The Hall–Kier alpha value is -2.99. The van der Waals surface area contributed by atoms with E-state index >= 15 is 0 Å². The molecule has 2 aromatic carbocycles. The van der Waals surface area contributed by atoms with Crippen molar-refractivity contribution in [2.75, 3.05) is 13.1 Å². The van der Waals surface area contributed by atoms with Gasteiger partial charge in [-0.25, -0.2) is 13.1 Å². The van der Waals surface area contributed by atoms with Crippen molar-refractivity contribution in [3.05, 3.63) is 69.8 Å². The van der Waals surface area contributed by atoms with E-state index in [2.05, 4.69) is 10.0 Å². The van der Waals surface area contributed by atoms with Gasteiger partial charge in [0, 0.05) is 30.8 Å². The van der Waals surface area contributed by atoms with Gasteiger partial charge in [-0.15, -0.1) is 0 Å². The second-order valence-corrected chi connectivity index (χ2v) is 7.25. The quantitative estimate of drug-likeness (QED) is 0.407. The Labute approximate surface area is 157 Å². The number of carbonyl (C=O) groups is 1. The van der Waals surface area contributed by atoms with Gasteiger partial charge in [0.15, 0.2) is 0 Å². The molecule has 0 aliphatic carbocycles. The summed E-state index contributed by atoms with van der Waals surface area (Å²) in [6.45, 7) is -0.308. The SMILES string of the molecule is O=C(NCCNS(=O)(=O)c1ccc([N+](=O)[O-])cc1)c1ccc(C(F)(F)F)cc1. The smallest absolute Gasteiger partial charge is 0.351 e. The number of amides is 1. The van der Waals surface area contributed by atoms with Crippen LogP contribution in [0.15, 0.2) is 53.4 Å². The number of nitrogens with zero attached hydrogens (tertiary/aromatic N) is 1. The molecule has 2 N–H and O–H groups in total. The predicted octanol–water partition coefficient (Wildman–Crippen LogP) is 2.32. The normalized spacial score (nSPS) is 11.8. The summed E-state index contributed by atoms with van der Waals surface area (Å²) in [6.07, 6.45) is -4.51. The predicted molar refractivity (Wildman–Crippen MR) is 92.1 cm³/mol. The molecule has 2 rings (SSSR count). The number of benzene rings is 2. The van der Waals surface area contributed by atoms with Crippen LogP contribution in [0, 0.1) is 10.1 Å². The van der Waals surface area contributed by atoms with Crippen molar-refractivity contribution in [3.63, 3.8) is 0 Å².